The Bertz CT molecular complexity index is 377. The van der Waals surface area contributed by atoms with E-state index in [1.807, 2.05) is 0 Å². The second-order valence-corrected chi connectivity index (χ2v) is 1.61. The van der Waals surface area contributed by atoms with E-state index in [4.69, 9.17) is 10.7 Å². The Morgan fingerprint density at radius 2 is 2.00 bits per heavy atom. The average molecular weight is 121 g/mol. The Morgan fingerprint density at radius 1 is 1.44 bits per heavy atom. The third-order valence-corrected chi connectivity index (χ3v) is 0.862. The molecule has 0 aliphatic heterocycles. The minimum atomic E-state index is -0.263. The highest BCUT2D eigenvalue weighted by Crippen LogP contribution is 1.99. The van der Waals surface area contributed by atoms with Gasteiger partial charge in [-0.05, 0) is 19.0 Å². The van der Waals surface area contributed by atoms with Crippen LogP contribution < -0.4 is 0 Å². The van der Waals surface area contributed by atoms with Crippen LogP contribution in [0, 0.1) is 18.3 Å². The maximum absolute atomic E-state index is 8.58. The Balaban J connectivity index is 3.69. The van der Waals surface area contributed by atoms with Gasteiger partial charge in [0.05, 0.1) is 17.1 Å². The van der Waals surface area contributed by atoms with E-state index < -0.39 is 0 Å². The minimum absolute atomic E-state index is 0.141. The van der Waals surface area contributed by atoms with Gasteiger partial charge >= 0.3 is 0 Å². The zero-order valence-corrected chi connectivity index (χ0v) is 4.95. The van der Waals surface area contributed by atoms with E-state index >= 15 is 0 Å². The molecule has 1 heteroatoms. The molecule has 0 aliphatic carbocycles. The molecule has 0 heterocycles. The number of hydrogen-bond donors (Lipinski definition) is 0. The smallest absolute Gasteiger partial charge is 0.0991 e. The van der Waals surface area contributed by atoms with Crippen molar-refractivity contribution in [3.05, 3.63) is 35.3 Å². The molecule has 0 amide bonds. The summed E-state index contributed by atoms with van der Waals surface area (Å²) in [5, 5.41) is 8.58. The van der Waals surface area contributed by atoms with Gasteiger partial charge in [-0.3, -0.25) is 0 Å². The van der Waals surface area contributed by atoms with Crippen molar-refractivity contribution in [3.8, 4) is 6.07 Å². The lowest BCUT2D eigenvalue weighted by atomic mass is 10.2. The number of nitrogens with zero attached hydrogens (tertiary/aromatic N) is 1. The predicted octanol–water partition coefficient (Wildman–Crippen LogP) is 1.87. The summed E-state index contributed by atoms with van der Waals surface area (Å²) in [6, 6.07) is 0.849. The SMILES string of the molecule is [2H]c1c([2H])c(C#N)c([2H])c([2H])c1C. The zero-order chi connectivity index (χ0) is 10.2. The second-order valence-electron chi connectivity index (χ2n) is 1.61. The van der Waals surface area contributed by atoms with Crippen LogP contribution in [0.1, 0.15) is 16.6 Å². The van der Waals surface area contributed by atoms with Gasteiger partial charge in [-0.1, -0.05) is 17.6 Å². The van der Waals surface area contributed by atoms with E-state index in [-0.39, 0.29) is 35.3 Å². The number of hydrogen-bond acceptors (Lipinski definition) is 1. The summed E-state index contributed by atoms with van der Waals surface area (Å²) in [6.45, 7) is 1.50. The Hall–Kier alpha value is -1.29. The second kappa shape index (κ2) is 2.32. The Labute approximate surface area is 60.2 Å². The topological polar surface area (TPSA) is 23.8 Å². The molecule has 0 fully saturated rings. The molecule has 1 rings (SSSR count). The third kappa shape index (κ3) is 1.30. The van der Waals surface area contributed by atoms with Gasteiger partial charge in [0.15, 0.2) is 0 Å². The lowest BCUT2D eigenvalue weighted by molar-refractivity contribution is 1.43. The van der Waals surface area contributed by atoms with Crippen LogP contribution in [0.25, 0.3) is 0 Å². The molecular formula is C8H7N. The van der Waals surface area contributed by atoms with Crippen LogP contribution in [-0.4, -0.2) is 0 Å². The summed E-state index contributed by atoms with van der Waals surface area (Å²) in [7, 11) is 0. The molecule has 0 aliphatic rings. The molecule has 9 heavy (non-hydrogen) atoms. The van der Waals surface area contributed by atoms with Crippen molar-refractivity contribution in [2.24, 2.45) is 0 Å². The van der Waals surface area contributed by atoms with E-state index in [0.717, 1.165) is 0 Å². The van der Waals surface area contributed by atoms with E-state index in [2.05, 4.69) is 0 Å². The molecule has 44 valence electrons. The molecule has 0 atom stereocenters. The van der Waals surface area contributed by atoms with Crippen molar-refractivity contribution in [3.63, 3.8) is 0 Å². The summed E-state index contributed by atoms with van der Waals surface area (Å²) >= 11 is 0. The maximum atomic E-state index is 8.58. The quantitative estimate of drug-likeness (QED) is 0.514. The summed E-state index contributed by atoms with van der Waals surface area (Å²) in [4.78, 5) is 0. The molecule has 0 spiro atoms. The highest BCUT2D eigenvalue weighted by atomic mass is 14.2. The van der Waals surface area contributed by atoms with Crippen LogP contribution in [0.5, 0.6) is 0 Å². The molecular weight excluding hydrogens is 110 g/mol. The van der Waals surface area contributed by atoms with Gasteiger partial charge in [0, 0.05) is 0 Å². The number of rotatable bonds is 0. The number of benzene rings is 1. The molecule has 0 bridgehead atoms. The fraction of sp³-hybridized carbons (Fsp3) is 0.125. The fourth-order valence-corrected chi connectivity index (χ4v) is 0.431. The van der Waals surface area contributed by atoms with Gasteiger partial charge in [-0.15, -0.1) is 0 Å². The fourth-order valence-electron chi connectivity index (χ4n) is 0.431. The summed E-state index contributed by atoms with van der Waals surface area (Å²) in [6.07, 6.45) is 0. The average Bonchev–Trinajstić information content (AvgIpc) is 2.13. The Kier molecular flexibility index (Phi) is 0.653. The molecule has 0 saturated heterocycles. The van der Waals surface area contributed by atoms with E-state index in [0.29, 0.717) is 0 Å². The minimum Gasteiger partial charge on any atom is -0.192 e. The highest BCUT2D eigenvalue weighted by molar-refractivity contribution is 5.30. The van der Waals surface area contributed by atoms with Gasteiger partial charge in [-0.2, -0.15) is 5.26 Å². The van der Waals surface area contributed by atoms with Gasteiger partial charge in [0.2, 0.25) is 0 Å². The summed E-state index contributed by atoms with van der Waals surface area (Å²) < 4.78 is 29.5. The van der Waals surface area contributed by atoms with Crippen molar-refractivity contribution in [2.45, 2.75) is 6.92 Å². The van der Waals surface area contributed by atoms with Crippen LogP contribution in [0.4, 0.5) is 0 Å². The lowest BCUT2D eigenvalue weighted by Gasteiger charge is -1.88. The van der Waals surface area contributed by atoms with Gasteiger partial charge in [0.25, 0.3) is 0 Å². The molecule has 0 radical (unpaired) electrons. The molecule has 0 N–H and O–H groups in total. The molecule has 1 nitrogen and oxygen atoms in total. The van der Waals surface area contributed by atoms with Crippen LogP contribution in [-0.2, 0) is 0 Å². The number of nitriles is 1. The van der Waals surface area contributed by atoms with E-state index in [1.54, 1.807) is 6.07 Å². The normalized spacial score (nSPS) is 14.7. The lowest BCUT2D eigenvalue weighted by Crippen LogP contribution is -1.72. The van der Waals surface area contributed by atoms with Crippen LogP contribution in [0.2, 0.25) is 0 Å². The molecule has 0 aromatic heterocycles. The standard InChI is InChI=1S/C8H7N/c1-7-2-4-8(6-9)5-3-7/h2-5H,1H3/i2D,3D,4D,5D. The largest absolute Gasteiger partial charge is 0.192 e. The Morgan fingerprint density at radius 3 is 2.44 bits per heavy atom. The first kappa shape index (κ1) is 2.53. The first-order valence-corrected chi connectivity index (χ1v) is 2.47. The zero-order valence-electron chi connectivity index (χ0n) is 8.95. The van der Waals surface area contributed by atoms with Crippen LogP contribution in [0.15, 0.2) is 24.2 Å². The van der Waals surface area contributed by atoms with Gasteiger partial charge in [-0.25, -0.2) is 0 Å². The molecule has 1 aromatic carbocycles. The third-order valence-electron chi connectivity index (χ3n) is 0.862. The van der Waals surface area contributed by atoms with E-state index in [9.17, 15) is 0 Å². The first-order valence-electron chi connectivity index (χ1n) is 4.47. The van der Waals surface area contributed by atoms with Crippen LogP contribution >= 0.6 is 0 Å². The maximum Gasteiger partial charge on any atom is 0.0991 e. The van der Waals surface area contributed by atoms with E-state index in [1.165, 1.54) is 6.92 Å². The highest BCUT2D eigenvalue weighted by Gasteiger charge is 1.84. The predicted molar refractivity (Wildman–Crippen MR) is 35.9 cm³/mol. The summed E-state index contributed by atoms with van der Waals surface area (Å²) in [5.41, 5.74) is 0.0783. The van der Waals surface area contributed by atoms with Crippen molar-refractivity contribution >= 4 is 0 Å². The summed E-state index contributed by atoms with van der Waals surface area (Å²) in [5.74, 6) is 0. The van der Waals surface area contributed by atoms with Gasteiger partial charge in [0.1, 0.15) is 0 Å². The van der Waals surface area contributed by atoms with Gasteiger partial charge < -0.3 is 0 Å². The van der Waals surface area contributed by atoms with Crippen LogP contribution in [0.3, 0.4) is 0 Å². The van der Waals surface area contributed by atoms with Crippen molar-refractivity contribution in [2.75, 3.05) is 0 Å². The van der Waals surface area contributed by atoms with Crippen molar-refractivity contribution < 1.29 is 5.48 Å². The molecule has 0 unspecified atom stereocenters. The van der Waals surface area contributed by atoms with Crippen molar-refractivity contribution in [1.82, 2.24) is 0 Å². The van der Waals surface area contributed by atoms with Crippen molar-refractivity contribution in [1.29, 1.82) is 5.26 Å². The first-order chi connectivity index (χ1) is 6.00. The molecule has 1 aromatic rings. The molecule has 0 saturated carbocycles. The monoisotopic (exact) mass is 121 g/mol.